The third kappa shape index (κ3) is 5.14. The summed E-state index contributed by atoms with van der Waals surface area (Å²) in [5.41, 5.74) is 6.75. The molecule has 1 amide bonds. The number of rotatable bonds is 8. The molecule has 4 heteroatoms. The van der Waals surface area contributed by atoms with Crippen molar-refractivity contribution < 1.29 is 4.79 Å². The lowest BCUT2D eigenvalue weighted by molar-refractivity contribution is -0.121. The maximum atomic E-state index is 11.9. The van der Waals surface area contributed by atoms with Crippen LogP contribution < -0.4 is 11.1 Å². The molecule has 0 aliphatic carbocycles. The van der Waals surface area contributed by atoms with Gasteiger partial charge < -0.3 is 11.1 Å². The van der Waals surface area contributed by atoms with Gasteiger partial charge in [0.25, 0.3) is 0 Å². The second kappa shape index (κ2) is 8.80. The van der Waals surface area contributed by atoms with Crippen molar-refractivity contribution in [1.82, 2.24) is 10.2 Å². The highest BCUT2D eigenvalue weighted by molar-refractivity contribution is 5.75. The maximum absolute atomic E-state index is 11.9. The summed E-state index contributed by atoms with van der Waals surface area (Å²) < 4.78 is 0. The normalized spacial score (nSPS) is 16.8. The van der Waals surface area contributed by atoms with Crippen molar-refractivity contribution in [2.24, 2.45) is 5.73 Å². The standard InChI is InChI=1S/C17H27N3O/c18-11-5-4-10-17(21)19-14-16(20-12-6-7-13-20)15-8-2-1-3-9-15/h1-3,8-9,16H,4-7,10-14,18H2,(H,19,21). The minimum Gasteiger partial charge on any atom is -0.354 e. The van der Waals surface area contributed by atoms with Crippen LogP contribution in [0.1, 0.15) is 43.7 Å². The Morgan fingerprint density at radius 2 is 1.90 bits per heavy atom. The van der Waals surface area contributed by atoms with Crippen molar-refractivity contribution in [2.75, 3.05) is 26.2 Å². The second-order valence-corrected chi connectivity index (χ2v) is 5.72. The monoisotopic (exact) mass is 289 g/mol. The molecule has 4 nitrogen and oxygen atoms in total. The quantitative estimate of drug-likeness (QED) is 0.720. The Morgan fingerprint density at radius 1 is 1.19 bits per heavy atom. The second-order valence-electron chi connectivity index (χ2n) is 5.72. The van der Waals surface area contributed by atoms with Crippen molar-refractivity contribution in [3.63, 3.8) is 0 Å². The first-order valence-corrected chi connectivity index (χ1v) is 8.07. The van der Waals surface area contributed by atoms with E-state index in [1.165, 1.54) is 18.4 Å². The van der Waals surface area contributed by atoms with Gasteiger partial charge in [-0.1, -0.05) is 30.3 Å². The van der Waals surface area contributed by atoms with Gasteiger partial charge in [0.2, 0.25) is 5.91 Å². The minimum absolute atomic E-state index is 0.142. The Bertz CT molecular complexity index is 415. The molecule has 116 valence electrons. The van der Waals surface area contributed by atoms with E-state index in [1.54, 1.807) is 0 Å². The number of hydrogen-bond donors (Lipinski definition) is 2. The van der Waals surface area contributed by atoms with Crippen molar-refractivity contribution in [3.05, 3.63) is 35.9 Å². The van der Waals surface area contributed by atoms with Crippen molar-refractivity contribution >= 4 is 5.91 Å². The highest BCUT2D eigenvalue weighted by Crippen LogP contribution is 2.24. The van der Waals surface area contributed by atoms with Gasteiger partial charge in [0.15, 0.2) is 0 Å². The number of unbranched alkanes of at least 4 members (excludes halogenated alkanes) is 1. The van der Waals surface area contributed by atoms with Crippen molar-refractivity contribution in [2.45, 2.75) is 38.1 Å². The summed E-state index contributed by atoms with van der Waals surface area (Å²) in [6.07, 6.45) is 4.89. The lowest BCUT2D eigenvalue weighted by Gasteiger charge is -2.28. The third-order valence-corrected chi connectivity index (χ3v) is 4.12. The fraction of sp³-hybridized carbons (Fsp3) is 0.588. The lowest BCUT2D eigenvalue weighted by atomic mass is 10.1. The first-order valence-electron chi connectivity index (χ1n) is 8.07. The van der Waals surface area contributed by atoms with Crippen LogP contribution in [0.25, 0.3) is 0 Å². The van der Waals surface area contributed by atoms with E-state index in [0.717, 1.165) is 25.9 Å². The molecule has 1 saturated heterocycles. The van der Waals surface area contributed by atoms with E-state index in [0.29, 0.717) is 25.6 Å². The number of nitrogens with one attached hydrogen (secondary N) is 1. The van der Waals surface area contributed by atoms with Gasteiger partial charge in [-0.15, -0.1) is 0 Å². The summed E-state index contributed by atoms with van der Waals surface area (Å²) in [6, 6.07) is 10.8. The summed E-state index contributed by atoms with van der Waals surface area (Å²) in [5, 5.41) is 3.10. The number of benzene rings is 1. The molecular formula is C17H27N3O. The minimum atomic E-state index is 0.142. The number of nitrogens with two attached hydrogens (primary N) is 1. The Labute approximate surface area is 127 Å². The molecule has 1 aliphatic heterocycles. The first kappa shape index (κ1) is 16.0. The average molecular weight is 289 g/mol. The van der Waals surface area contributed by atoms with E-state index in [-0.39, 0.29) is 5.91 Å². The van der Waals surface area contributed by atoms with Gasteiger partial charge >= 0.3 is 0 Å². The van der Waals surface area contributed by atoms with Gasteiger partial charge in [-0.3, -0.25) is 9.69 Å². The Kier molecular flexibility index (Phi) is 6.70. The first-order chi connectivity index (χ1) is 10.3. The number of carbonyl (C=O) groups excluding carboxylic acids is 1. The summed E-state index contributed by atoms with van der Waals surface area (Å²) >= 11 is 0. The third-order valence-electron chi connectivity index (χ3n) is 4.12. The van der Waals surface area contributed by atoms with Crippen LogP contribution in [0.5, 0.6) is 0 Å². The van der Waals surface area contributed by atoms with E-state index in [2.05, 4.69) is 34.5 Å². The van der Waals surface area contributed by atoms with Gasteiger partial charge in [-0.2, -0.15) is 0 Å². The van der Waals surface area contributed by atoms with Gasteiger partial charge in [-0.05, 0) is 50.9 Å². The number of likely N-dealkylation sites (tertiary alicyclic amines) is 1. The predicted molar refractivity (Wildman–Crippen MR) is 85.9 cm³/mol. The summed E-state index contributed by atoms with van der Waals surface area (Å²) in [7, 11) is 0. The number of carbonyl (C=O) groups is 1. The fourth-order valence-corrected chi connectivity index (χ4v) is 2.92. The molecule has 1 unspecified atom stereocenters. The van der Waals surface area contributed by atoms with E-state index in [1.807, 2.05) is 6.07 Å². The largest absolute Gasteiger partial charge is 0.354 e. The zero-order chi connectivity index (χ0) is 14.9. The molecule has 0 spiro atoms. The van der Waals surface area contributed by atoms with E-state index >= 15 is 0 Å². The summed E-state index contributed by atoms with van der Waals surface area (Å²) in [6.45, 7) is 3.62. The van der Waals surface area contributed by atoms with Gasteiger partial charge in [0, 0.05) is 13.0 Å². The molecule has 1 fully saturated rings. The van der Waals surface area contributed by atoms with Gasteiger partial charge in [-0.25, -0.2) is 0 Å². The summed E-state index contributed by atoms with van der Waals surface area (Å²) in [5.74, 6) is 0.142. The van der Waals surface area contributed by atoms with E-state index in [4.69, 9.17) is 5.73 Å². The molecule has 21 heavy (non-hydrogen) atoms. The number of hydrogen-bond acceptors (Lipinski definition) is 3. The topological polar surface area (TPSA) is 58.4 Å². The molecule has 1 aromatic rings. The van der Waals surface area contributed by atoms with E-state index in [9.17, 15) is 4.79 Å². The van der Waals surface area contributed by atoms with Crippen LogP contribution in [0, 0.1) is 0 Å². The molecule has 1 aromatic carbocycles. The maximum Gasteiger partial charge on any atom is 0.220 e. The molecule has 0 aromatic heterocycles. The lowest BCUT2D eigenvalue weighted by Crippen LogP contribution is -2.36. The molecule has 1 atom stereocenters. The zero-order valence-corrected chi connectivity index (χ0v) is 12.8. The molecule has 0 radical (unpaired) electrons. The van der Waals surface area contributed by atoms with Gasteiger partial charge in [0.1, 0.15) is 0 Å². The number of nitrogens with zero attached hydrogens (tertiary/aromatic N) is 1. The zero-order valence-electron chi connectivity index (χ0n) is 12.8. The van der Waals surface area contributed by atoms with Crippen LogP contribution in [0.4, 0.5) is 0 Å². The van der Waals surface area contributed by atoms with E-state index < -0.39 is 0 Å². The van der Waals surface area contributed by atoms with Crippen molar-refractivity contribution in [1.29, 1.82) is 0 Å². The smallest absolute Gasteiger partial charge is 0.220 e. The molecule has 0 bridgehead atoms. The van der Waals surface area contributed by atoms with Crippen LogP contribution >= 0.6 is 0 Å². The summed E-state index contributed by atoms with van der Waals surface area (Å²) in [4.78, 5) is 14.4. The van der Waals surface area contributed by atoms with Crippen LogP contribution in [-0.4, -0.2) is 37.0 Å². The molecule has 2 rings (SSSR count). The average Bonchev–Trinajstić information content (AvgIpc) is 3.03. The molecule has 1 heterocycles. The Balaban J connectivity index is 1.89. The Morgan fingerprint density at radius 3 is 2.57 bits per heavy atom. The molecule has 1 aliphatic rings. The fourth-order valence-electron chi connectivity index (χ4n) is 2.92. The highest BCUT2D eigenvalue weighted by atomic mass is 16.1. The van der Waals surface area contributed by atoms with Crippen molar-refractivity contribution in [3.8, 4) is 0 Å². The SMILES string of the molecule is NCCCCC(=O)NCC(c1ccccc1)N1CCCC1. The highest BCUT2D eigenvalue weighted by Gasteiger charge is 2.23. The molecule has 0 saturated carbocycles. The number of amides is 1. The van der Waals surface area contributed by atoms with Crippen LogP contribution in [0.2, 0.25) is 0 Å². The van der Waals surface area contributed by atoms with Crippen LogP contribution in [-0.2, 0) is 4.79 Å². The van der Waals surface area contributed by atoms with Gasteiger partial charge in [0.05, 0.1) is 6.04 Å². The van der Waals surface area contributed by atoms with Crippen LogP contribution in [0.15, 0.2) is 30.3 Å². The van der Waals surface area contributed by atoms with Crippen LogP contribution in [0.3, 0.4) is 0 Å². The predicted octanol–water partition coefficient (Wildman–Crippen LogP) is 2.07. The Hall–Kier alpha value is -1.39. The molecule has 3 N–H and O–H groups in total. The molecular weight excluding hydrogens is 262 g/mol.